The lowest BCUT2D eigenvalue weighted by molar-refractivity contribution is 0.0697. The number of rotatable bonds is 4. The van der Waals surface area contributed by atoms with Crippen LogP contribution in [-0.4, -0.2) is 21.0 Å². The summed E-state index contributed by atoms with van der Waals surface area (Å²) in [4.78, 5) is 21.7. The Balaban J connectivity index is 2.09. The highest BCUT2D eigenvalue weighted by atomic mass is 35.5. The molecule has 5 nitrogen and oxygen atoms in total. The Morgan fingerprint density at radius 3 is 2.83 bits per heavy atom. The molecular formula is C16H14ClN3O2S. The molecule has 2 aromatic heterocycles. The van der Waals surface area contributed by atoms with E-state index in [2.05, 4.69) is 22.2 Å². The van der Waals surface area contributed by atoms with Crippen molar-refractivity contribution in [1.29, 1.82) is 0 Å². The predicted molar refractivity (Wildman–Crippen MR) is 93.2 cm³/mol. The topological polar surface area (TPSA) is 75.1 Å². The molecule has 0 bridgehead atoms. The Labute approximate surface area is 142 Å². The number of nitrogens with zero attached hydrogens (tertiary/aromatic N) is 2. The van der Waals surface area contributed by atoms with E-state index in [1.165, 1.54) is 4.88 Å². The molecule has 0 saturated heterocycles. The number of hydrogen-bond acceptors (Lipinski definition) is 5. The normalized spacial score (nSPS) is 10.9. The molecule has 0 atom stereocenters. The highest BCUT2D eigenvalue weighted by molar-refractivity contribution is 7.18. The third-order valence-corrected chi connectivity index (χ3v) is 4.84. The SMILES string of the molecule is CCc1cc2c(Nc3cc(C(=O)O)ccc3C)nc(Cl)nc2s1. The van der Waals surface area contributed by atoms with E-state index in [4.69, 9.17) is 16.7 Å². The Hall–Kier alpha value is -2.18. The van der Waals surface area contributed by atoms with E-state index in [0.29, 0.717) is 11.5 Å². The molecule has 0 fully saturated rings. The van der Waals surface area contributed by atoms with Gasteiger partial charge in [-0.2, -0.15) is 4.98 Å². The van der Waals surface area contributed by atoms with Crippen molar-refractivity contribution in [3.05, 3.63) is 45.6 Å². The second-order valence-electron chi connectivity index (χ2n) is 5.09. The maximum atomic E-state index is 11.2. The van der Waals surface area contributed by atoms with E-state index in [1.54, 1.807) is 29.5 Å². The number of thiophene rings is 1. The number of aromatic carboxylic acids is 1. The first-order valence-corrected chi connectivity index (χ1v) is 8.24. The largest absolute Gasteiger partial charge is 0.478 e. The van der Waals surface area contributed by atoms with Gasteiger partial charge >= 0.3 is 5.97 Å². The molecule has 118 valence electrons. The number of fused-ring (bicyclic) bond motifs is 1. The summed E-state index contributed by atoms with van der Waals surface area (Å²) in [5.74, 6) is -0.385. The minimum atomic E-state index is -0.970. The molecule has 3 rings (SSSR count). The lowest BCUT2D eigenvalue weighted by Gasteiger charge is -2.10. The number of carbonyl (C=O) groups is 1. The third kappa shape index (κ3) is 3.13. The zero-order valence-electron chi connectivity index (χ0n) is 12.6. The number of carboxylic acids is 1. The van der Waals surface area contributed by atoms with E-state index in [0.717, 1.165) is 22.2 Å². The van der Waals surface area contributed by atoms with Crippen molar-refractivity contribution in [1.82, 2.24) is 9.97 Å². The minimum absolute atomic E-state index is 0.163. The number of aryl methyl sites for hydroxylation is 2. The van der Waals surface area contributed by atoms with Crippen molar-refractivity contribution < 1.29 is 9.90 Å². The summed E-state index contributed by atoms with van der Waals surface area (Å²) in [6, 6.07) is 6.96. The summed E-state index contributed by atoms with van der Waals surface area (Å²) in [5, 5.41) is 13.4. The van der Waals surface area contributed by atoms with Crippen LogP contribution in [0.1, 0.15) is 27.7 Å². The monoisotopic (exact) mass is 347 g/mol. The van der Waals surface area contributed by atoms with Crippen LogP contribution < -0.4 is 5.32 Å². The zero-order valence-corrected chi connectivity index (χ0v) is 14.1. The van der Waals surface area contributed by atoms with Crippen LogP contribution in [0, 0.1) is 6.92 Å². The van der Waals surface area contributed by atoms with Gasteiger partial charge in [0.2, 0.25) is 5.28 Å². The lowest BCUT2D eigenvalue weighted by Crippen LogP contribution is -2.01. The molecular weight excluding hydrogens is 334 g/mol. The van der Waals surface area contributed by atoms with E-state index < -0.39 is 5.97 Å². The van der Waals surface area contributed by atoms with Crippen LogP contribution >= 0.6 is 22.9 Å². The molecule has 3 aromatic rings. The Bertz CT molecular complexity index is 908. The fourth-order valence-electron chi connectivity index (χ4n) is 2.23. The molecule has 7 heteroatoms. The van der Waals surface area contributed by atoms with Crippen molar-refractivity contribution in [2.24, 2.45) is 0 Å². The minimum Gasteiger partial charge on any atom is -0.478 e. The fourth-order valence-corrected chi connectivity index (χ4v) is 3.42. The summed E-state index contributed by atoms with van der Waals surface area (Å²) in [6.07, 6.45) is 0.908. The van der Waals surface area contributed by atoms with Gasteiger partial charge in [0.25, 0.3) is 0 Å². The van der Waals surface area contributed by atoms with Gasteiger partial charge in [0.1, 0.15) is 10.6 Å². The molecule has 0 unspecified atom stereocenters. The number of nitrogens with one attached hydrogen (secondary N) is 1. The van der Waals surface area contributed by atoms with Gasteiger partial charge in [-0.1, -0.05) is 13.0 Å². The number of aromatic nitrogens is 2. The summed E-state index contributed by atoms with van der Waals surface area (Å²) in [7, 11) is 0. The summed E-state index contributed by atoms with van der Waals surface area (Å²) in [6.45, 7) is 3.98. The number of anilines is 2. The van der Waals surface area contributed by atoms with Crippen molar-refractivity contribution in [3.63, 3.8) is 0 Å². The zero-order chi connectivity index (χ0) is 16.6. The summed E-state index contributed by atoms with van der Waals surface area (Å²) >= 11 is 7.59. The van der Waals surface area contributed by atoms with Gasteiger partial charge in [-0.3, -0.25) is 0 Å². The fraction of sp³-hybridized carbons (Fsp3) is 0.188. The number of hydrogen-bond donors (Lipinski definition) is 2. The third-order valence-electron chi connectivity index (χ3n) is 3.50. The van der Waals surface area contributed by atoms with E-state index in [-0.39, 0.29) is 10.8 Å². The van der Waals surface area contributed by atoms with Gasteiger partial charge in [-0.05, 0) is 48.7 Å². The second-order valence-corrected chi connectivity index (χ2v) is 6.54. The van der Waals surface area contributed by atoms with Gasteiger partial charge in [-0.15, -0.1) is 11.3 Å². The maximum absolute atomic E-state index is 11.2. The molecule has 2 heterocycles. The quantitative estimate of drug-likeness (QED) is 0.671. The molecule has 2 N–H and O–H groups in total. The van der Waals surface area contributed by atoms with Crippen LogP contribution in [0.5, 0.6) is 0 Å². The highest BCUT2D eigenvalue weighted by Gasteiger charge is 2.13. The Kier molecular flexibility index (Phi) is 4.19. The van der Waals surface area contributed by atoms with Gasteiger partial charge in [0, 0.05) is 10.6 Å². The van der Waals surface area contributed by atoms with Crippen molar-refractivity contribution in [2.75, 3.05) is 5.32 Å². The first kappa shape index (κ1) is 15.7. The van der Waals surface area contributed by atoms with Crippen molar-refractivity contribution >= 4 is 50.6 Å². The van der Waals surface area contributed by atoms with E-state index >= 15 is 0 Å². The Morgan fingerprint density at radius 1 is 1.35 bits per heavy atom. The number of carboxylic acid groups (broad SMARTS) is 1. The molecule has 0 aliphatic rings. The van der Waals surface area contributed by atoms with E-state index in [9.17, 15) is 4.79 Å². The predicted octanol–water partition coefficient (Wildman–Crippen LogP) is 4.66. The first-order chi connectivity index (χ1) is 11.0. The van der Waals surface area contributed by atoms with Crippen LogP contribution in [0.3, 0.4) is 0 Å². The standard InChI is InChI=1S/C16H14ClN3O2S/c1-3-10-7-11-13(19-16(17)20-14(11)23-10)18-12-6-9(15(21)22)5-4-8(12)2/h4-7H,3H2,1-2H3,(H,21,22)(H,18,19,20). The Morgan fingerprint density at radius 2 is 2.13 bits per heavy atom. The molecule has 0 amide bonds. The van der Waals surface area contributed by atoms with Crippen LogP contribution in [0.2, 0.25) is 5.28 Å². The lowest BCUT2D eigenvalue weighted by atomic mass is 10.1. The average molecular weight is 348 g/mol. The van der Waals surface area contributed by atoms with Crippen molar-refractivity contribution in [2.45, 2.75) is 20.3 Å². The van der Waals surface area contributed by atoms with Gasteiger partial charge in [0.15, 0.2) is 0 Å². The number of halogens is 1. The average Bonchev–Trinajstić information content (AvgIpc) is 2.92. The van der Waals surface area contributed by atoms with Gasteiger partial charge < -0.3 is 10.4 Å². The summed E-state index contributed by atoms with van der Waals surface area (Å²) < 4.78 is 0. The molecule has 23 heavy (non-hydrogen) atoms. The van der Waals surface area contributed by atoms with Crippen LogP contribution in [0.25, 0.3) is 10.2 Å². The highest BCUT2D eigenvalue weighted by Crippen LogP contribution is 2.32. The molecule has 0 radical (unpaired) electrons. The van der Waals surface area contributed by atoms with Crippen LogP contribution in [0.4, 0.5) is 11.5 Å². The molecule has 0 aliphatic carbocycles. The number of benzene rings is 1. The maximum Gasteiger partial charge on any atom is 0.335 e. The van der Waals surface area contributed by atoms with E-state index in [1.807, 2.05) is 13.0 Å². The second kappa shape index (κ2) is 6.14. The first-order valence-electron chi connectivity index (χ1n) is 7.05. The van der Waals surface area contributed by atoms with Gasteiger partial charge in [-0.25, -0.2) is 9.78 Å². The molecule has 0 saturated carbocycles. The molecule has 0 aliphatic heterocycles. The molecule has 0 spiro atoms. The molecule has 1 aromatic carbocycles. The smallest absolute Gasteiger partial charge is 0.335 e. The van der Waals surface area contributed by atoms with Crippen LogP contribution in [-0.2, 0) is 6.42 Å². The van der Waals surface area contributed by atoms with Gasteiger partial charge in [0.05, 0.1) is 10.9 Å². The van der Waals surface area contributed by atoms with Crippen LogP contribution in [0.15, 0.2) is 24.3 Å². The van der Waals surface area contributed by atoms with Crippen molar-refractivity contribution in [3.8, 4) is 0 Å². The summed E-state index contributed by atoms with van der Waals surface area (Å²) in [5.41, 5.74) is 1.82.